The Hall–Kier alpha value is -2.52. The number of likely N-dealkylation sites (tertiary alicyclic amines) is 1. The summed E-state index contributed by atoms with van der Waals surface area (Å²) in [5.41, 5.74) is 0.674. The van der Waals surface area contributed by atoms with Crippen molar-refractivity contribution < 1.29 is 24.4 Å². The fourth-order valence-electron chi connectivity index (χ4n) is 3.32. The molecule has 1 amide bonds. The average Bonchev–Trinajstić information content (AvgIpc) is 2.78. The van der Waals surface area contributed by atoms with Crippen molar-refractivity contribution in [2.24, 2.45) is 11.8 Å². The maximum Gasteiger partial charge on any atom is 0.410 e. The van der Waals surface area contributed by atoms with Crippen LogP contribution in [0.3, 0.4) is 0 Å². The van der Waals surface area contributed by atoms with Gasteiger partial charge in [-0.1, -0.05) is 0 Å². The number of aldehydes is 1. The van der Waals surface area contributed by atoms with Crippen LogP contribution in [0.5, 0.6) is 0 Å². The van der Waals surface area contributed by atoms with Crippen LogP contribution in [0.1, 0.15) is 31.2 Å². The van der Waals surface area contributed by atoms with Gasteiger partial charge in [0.15, 0.2) is 0 Å². The van der Waals surface area contributed by atoms with E-state index in [4.69, 9.17) is 9.84 Å². The van der Waals surface area contributed by atoms with Crippen molar-refractivity contribution >= 4 is 18.1 Å². The van der Waals surface area contributed by atoms with E-state index in [2.05, 4.69) is 5.32 Å². The van der Waals surface area contributed by atoms with Crippen molar-refractivity contribution in [3.8, 4) is 0 Å². The zero-order valence-electron chi connectivity index (χ0n) is 16.5. The minimum atomic E-state index is -0.483. The van der Waals surface area contributed by atoms with Crippen molar-refractivity contribution in [2.75, 3.05) is 32.8 Å². The van der Waals surface area contributed by atoms with E-state index in [9.17, 15) is 19.7 Å². The Kier molecular flexibility index (Phi) is 9.52. The SMILES string of the molecule is O=CC1CCCN(C(=O)OCc2ccc([N+](=O)[O-])cc2)C1.OCC1CCCNC1. The van der Waals surface area contributed by atoms with E-state index in [-0.39, 0.29) is 18.2 Å². The van der Waals surface area contributed by atoms with Crippen LogP contribution in [0.15, 0.2) is 24.3 Å². The summed E-state index contributed by atoms with van der Waals surface area (Å²) in [5, 5.41) is 22.4. The summed E-state index contributed by atoms with van der Waals surface area (Å²) in [7, 11) is 0. The molecule has 0 spiro atoms. The highest BCUT2D eigenvalue weighted by Crippen LogP contribution is 2.17. The van der Waals surface area contributed by atoms with Gasteiger partial charge in [-0.25, -0.2) is 4.79 Å². The van der Waals surface area contributed by atoms with Crippen molar-refractivity contribution in [1.29, 1.82) is 0 Å². The van der Waals surface area contributed by atoms with Gasteiger partial charge in [-0.15, -0.1) is 0 Å². The van der Waals surface area contributed by atoms with Crippen molar-refractivity contribution in [3.63, 3.8) is 0 Å². The maximum atomic E-state index is 11.9. The first kappa shape index (κ1) is 22.8. The van der Waals surface area contributed by atoms with Gasteiger partial charge in [0.2, 0.25) is 0 Å². The van der Waals surface area contributed by atoms with Crippen LogP contribution in [0.25, 0.3) is 0 Å². The summed E-state index contributed by atoms with van der Waals surface area (Å²) in [6.45, 7) is 3.53. The summed E-state index contributed by atoms with van der Waals surface area (Å²) in [5.74, 6) is 0.412. The smallest absolute Gasteiger partial charge is 0.410 e. The highest BCUT2D eigenvalue weighted by atomic mass is 16.6. The van der Waals surface area contributed by atoms with E-state index in [1.165, 1.54) is 29.9 Å². The Bertz CT molecular complexity index is 661. The Morgan fingerprint density at radius 1 is 1.31 bits per heavy atom. The molecule has 2 fully saturated rings. The fraction of sp³-hybridized carbons (Fsp3) is 0.600. The number of aliphatic hydroxyl groups is 1. The number of nitrogens with zero attached hydrogens (tertiary/aromatic N) is 2. The number of hydrogen-bond acceptors (Lipinski definition) is 7. The van der Waals surface area contributed by atoms with E-state index in [1.807, 2.05) is 0 Å². The van der Waals surface area contributed by atoms with Crippen LogP contribution < -0.4 is 5.32 Å². The second-order valence-corrected chi connectivity index (χ2v) is 7.36. The van der Waals surface area contributed by atoms with Gasteiger partial charge in [0.05, 0.1) is 4.92 Å². The first-order valence-electron chi connectivity index (χ1n) is 9.95. The quantitative estimate of drug-likeness (QED) is 0.435. The fourth-order valence-corrected chi connectivity index (χ4v) is 3.32. The third kappa shape index (κ3) is 7.78. The van der Waals surface area contributed by atoms with Gasteiger partial charge in [0.1, 0.15) is 12.9 Å². The van der Waals surface area contributed by atoms with Gasteiger partial charge in [-0.3, -0.25) is 10.1 Å². The molecule has 1 aromatic rings. The second-order valence-electron chi connectivity index (χ2n) is 7.36. The van der Waals surface area contributed by atoms with Gasteiger partial charge in [0.25, 0.3) is 5.69 Å². The molecule has 2 N–H and O–H groups in total. The molecule has 0 saturated carbocycles. The zero-order chi connectivity index (χ0) is 21.1. The molecular weight excluding hydrogens is 378 g/mol. The molecule has 2 atom stereocenters. The normalized spacial score (nSPS) is 21.5. The summed E-state index contributed by atoms with van der Waals surface area (Å²) in [4.78, 5) is 34.2. The van der Waals surface area contributed by atoms with Crippen LogP contribution in [0.2, 0.25) is 0 Å². The molecule has 29 heavy (non-hydrogen) atoms. The molecule has 0 radical (unpaired) electrons. The topological polar surface area (TPSA) is 122 Å². The van der Waals surface area contributed by atoms with E-state index in [0.29, 0.717) is 31.2 Å². The molecule has 0 aromatic heterocycles. The van der Waals surface area contributed by atoms with E-state index in [1.54, 1.807) is 12.1 Å². The van der Waals surface area contributed by atoms with Crippen LogP contribution in [0, 0.1) is 22.0 Å². The number of carbonyl (C=O) groups excluding carboxylic acids is 2. The third-order valence-corrected chi connectivity index (χ3v) is 5.08. The number of nitro benzene ring substituents is 1. The number of aliphatic hydroxyl groups excluding tert-OH is 1. The Morgan fingerprint density at radius 3 is 2.62 bits per heavy atom. The Labute approximate surface area is 170 Å². The molecule has 9 heteroatoms. The molecule has 0 bridgehead atoms. The number of hydrogen-bond donors (Lipinski definition) is 2. The van der Waals surface area contributed by atoms with Gasteiger partial charge in [-0.05, 0) is 55.8 Å². The maximum absolute atomic E-state index is 11.9. The molecule has 1 aromatic carbocycles. The van der Waals surface area contributed by atoms with Crippen molar-refractivity contribution in [3.05, 3.63) is 39.9 Å². The Balaban J connectivity index is 0.000000313. The van der Waals surface area contributed by atoms with E-state index >= 15 is 0 Å². The third-order valence-electron chi connectivity index (χ3n) is 5.08. The van der Waals surface area contributed by atoms with Gasteiger partial charge in [0, 0.05) is 44.3 Å². The van der Waals surface area contributed by atoms with Crippen LogP contribution in [-0.4, -0.2) is 60.1 Å². The molecule has 9 nitrogen and oxygen atoms in total. The molecule has 0 aliphatic carbocycles. The first-order valence-corrected chi connectivity index (χ1v) is 9.95. The highest BCUT2D eigenvalue weighted by molar-refractivity contribution is 5.68. The predicted molar refractivity (Wildman–Crippen MR) is 106 cm³/mol. The zero-order valence-corrected chi connectivity index (χ0v) is 16.5. The number of nitro groups is 1. The van der Waals surface area contributed by atoms with E-state index < -0.39 is 11.0 Å². The highest BCUT2D eigenvalue weighted by Gasteiger charge is 2.24. The predicted octanol–water partition coefficient (Wildman–Crippen LogP) is 2.12. The minimum absolute atomic E-state index is 0.00469. The number of carbonyl (C=O) groups is 2. The minimum Gasteiger partial charge on any atom is -0.445 e. The molecule has 3 rings (SSSR count). The van der Waals surface area contributed by atoms with Crippen molar-refractivity contribution in [2.45, 2.75) is 32.3 Å². The largest absolute Gasteiger partial charge is 0.445 e. The van der Waals surface area contributed by atoms with Gasteiger partial charge < -0.3 is 24.9 Å². The summed E-state index contributed by atoms with van der Waals surface area (Å²) in [6.07, 6.45) is 4.43. The molecular formula is C20H29N3O6. The van der Waals surface area contributed by atoms with Gasteiger partial charge in [-0.2, -0.15) is 0 Å². The number of benzene rings is 1. The lowest BCUT2D eigenvalue weighted by molar-refractivity contribution is -0.384. The molecule has 160 valence electrons. The summed E-state index contributed by atoms with van der Waals surface area (Å²) < 4.78 is 5.16. The monoisotopic (exact) mass is 407 g/mol. The lowest BCUT2D eigenvalue weighted by Crippen LogP contribution is -2.40. The Morgan fingerprint density at radius 2 is 2.07 bits per heavy atom. The van der Waals surface area contributed by atoms with Crippen LogP contribution >= 0.6 is 0 Å². The lowest BCUT2D eigenvalue weighted by atomic mass is 10.0. The summed E-state index contributed by atoms with van der Waals surface area (Å²) in [6, 6.07) is 5.84. The summed E-state index contributed by atoms with van der Waals surface area (Å²) >= 11 is 0. The second kappa shape index (κ2) is 12.1. The number of non-ortho nitro benzene ring substituents is 1. The molecule has 2 aliphatic rings. The van der Waals surface area contributed by atoms with Crippen LogP contribution in [0.4, 0.5) is 10.5 Å². The van der Waals surface area contributed by atoms with E-state index in [0.717, 1.165) is 32.2 Å². The number of rotatable bonds is 5. The van der Waals surface area contributed by atoms with Gasteiger partial charge >= 0.3 is 6.09 Å². The average molecular weight is 407 g/mol. The first-order chi connectivity index (χ1) is 14.0. The number of piperidine rings is 2. The molecule has 2 saturated heterocycles. The van der Waals surface area contributed by atoms with Crippen LogP contribution in [-0.2, 0) is 16.1 Å². The lowest BCUT2D eigenvalue weighted by Gasteiger charge is -2.29. The number of ether oxygens (including phenoxy) is 1. The molecule has 2 aliphatic heterocycles. The number of amides is 1. The number of nitrogens with one attached hydrogen (secondary N) is 1. The standard InChI is InChI=1S/C14H16N2O5.C6H13NO/c17-9-12-2-1-7-15(8-12)14(18)21-10-11-3-5-13(6-4-11)16(19)20;8-5-6-2-1-3-7-4-6/h3-6,9,12H,1-2,7-8,10H2;6-8H,1-5H2. The molecule has 2 heterocycles. The molecule has 2 unspecified atom stereocenters. The van der Waals surface area contributed by atoms with Crippen molar-refractivity contribution in [1.82, 2.24) is 10.2 Å².